The van der Waals surface area contributed by atoms with Gasteiger partial charge in [-0.05, 0) is 36.2 Å². The SMILES string of the molecule is FC(F)(F)c1cc2c(c(C(F)(F)F)c1)CCNC2. The lowest BCUT2D eigenvalue weighted by molar-refractivity contribution is -0.143. The molecule has 0 spiro atoms. The van der Waals surface area contributed by atoms with Gasteiger partial charge < -0.3 is 5.32 Å². The van der Waals surface area contributed by atoms with Crippen LogP contribution in [0.25, 0.3) is 0 Å². The maximum Gasteiger partial charge on any atom is 0.416 e. The number of alkyl halides is 6. The Morgan fingerprint density at radius 3 is 2.17 bits per heavy atom. The maximum absolute atomic E-state index is 12.8. The highest BCUT2D eigenvalue weighted by Gasteiger charge is 2.39. The summed E-state index contributed by atoms with van der Waals surface area (Å²) in [6.45, 7) is 0.365. The van der Waals surface area contributed by atoms with Gasteiger partial charge in [-0.25, -0.2) is 0 Å². The van der Waals surface area contributed by atoms with Crippen molar-refractivity contribution in [3.63, 3.8) is 0 Å². The van der Waals surface area contributed by atoms with Crippen LogP contribution < -0.4 is 5.32 Å². The molecule has 7 heteroatoms. The molecular weight excluding hydrogens is 260 g/mol. The van der Waals surface area contributed by atoms with Crippen LogP contribution in [0.15, 0.2) is 12.1 Å². The zero-order valence-electron chi connectivity index (χ0n) is 9.04. The average molecular weight is 269 g/mol. The Hall–Kier alpha value is -1.24. The fourth-order valence-corrected chi connectivity index (χ4v) is 2.04. The summed E-state index contributed by atoms with van der Waals surface area (Å²) < 4.78 is 75.9. The van der Waals surface area contributed by atoms with Crippen molar-refractivity contribution in [3.05, 3.63) is 34.4 Å². The van der Waals surface area contributed by atoms with Crippen LogP contribution in [0.2, 0.25) is 0 Å². The smallest absolute Gasteiger partial charge is 0.312 e. The third-order valence-electron chi connectivity index (χ3n) is 2.84. The van der Waals surface area contributed by atoms with Crippen molar-refractivity contribution in [2.24, 2.45) is 0 Å². The number of hydrogen-bond donors (Lipinski definition) is 1. The van der Waals surface area contributed by atoms with Crippen molar-refractivity contribution in [2.75, 3.05) is 6.54 Å². The number of benzene rings is 1. The average Bonchev–Trinajstić information content (AvgIpc) is 2.25. The zero-order valence-corrected chi connectivity index (χ0v) is 9.04. The lowest BCUT2D eigenvalue weighted by atomic mass is 9.92. The van der Waals surface area contributed by atoms with Crippen LogP contribution in [-0.4, -0.2) is 6.54 Å². The summed E-state index contributed by atoms with van der Waals surface area (Å²) in [6.07, 6.45) is -9.45. The molecule has 18 heavy (non-hydrogen) atoms. The Bertz CT molecular complexity index is 460. The first-order valence-electron chi connectivity index (χ1n) is 5.20. The van der Waals surface area contributed by atoms with Gasteiger partial charge in [0.15, 0.2) is 0 Å². The monoisotopic (exact) mass is 269 g/mol. The molecular formula is C11H9F6N. The number of rotatable bonds is 0. The van der Waals surface area contributed by atoms with E-state index in [1.807, 2.05) is 0 Å². The molecule has 0 radical (unpaired) electrons. The first kappa shape index (κ1) is 13.2. The summed E-state index contributed by atoms with van der Waals surface area (Å²) >= 11 is 0. The van der Waals surface area contributed by atoms with E-state index in [0.29, 0.717) is 6.54 Å². The Morgan fingerprint density at radius 1 is 0.944 bits per heavy atom. The highest BCUT2D eigenvalue weighted by molar-refractivity contribution is 5.43. The van der Waals surface area contributed by atoms with E-state index in [9.17, 15) is 26.3 Å². The largest absolute Gasteiger partial charge is 0.416 e. The van der Waals surface area contributed by atoms with Crippen LogP contribution in [0, 0.1) is 0 Å². The van der Waals surface area contributed by atoms with Crippen LogP contribution in [0.3, 0.4) is 0 Å². The second-order valence-corrected chi connectivity index (χ2v) is 4.08. The van der Waals surface area contributed by atoms with Gasteiger partial charge >= 0.3 is 12.4 Å². The second kappa shape index (κ2) is 4.15. The van der Waals surface area contributed by atoms with E-state index in [0.717, 1.165) is 6.07 Å². The number of halogens is 6. The van der Waals surface area contributed by atoms with E-state index in [1.54, 1.807) is 0 Å². The molecule has 1 aromatic rings. The topological polar surface area (TPSA) is 12.0 Å². The van der Waals surface area contributed by atoms with Gasteiger partial charge in [-0.3, -0.25) is 0 Å². The Balaban J connectivity index is 2.63. The molecule has 0 unspecified atom stereocenters. The lowest BCUT2D eigenvalue weighted by Crippen LogP contribution is -2.27. The van der Waals surface area contributed by atoms with E-state index < -0.39 is 23.5 Å². The van der Waals surface area contributed by atoms with E-state index in [4.69, 9.17) is 0 Å². The summed E-state index contributed by atoms with van der Waals surface area (Å²) in [4.78, 5) is 0. The molecule has 1 nitrogen and oxygen atoms in total. The molecule has 0 amide bonds. The van der Waals surface area contributed by atoms with Gasteiger partial charge in [0.2, 0.25) is 0 Å². The molecule has 100 valence electrons. The second-order valence-electron chi connectivity index (χ2n) is 4.08. The van der Waals surface area contributed by atoms with Gasteiger partial charge in [-0.2, -0.15) is 26.3 Å². The summed E-state index contributed by atoms with van der Waals surface area (Å²) in [6, 6.07) is 0.987. The summed E-state index contributed by atoms with van der Waals surface area (Å²) in [7, 11) is 0. The first-order chi connectivity index (χ1) is 8.19. The van der Waals surface area contributed by atoms with Crippen molar-refractivity contribution in [1.82, 2.24) is 5.32 Å². The van der Waals surface area contributed by atoms with E-state index in [2.05, 4.69) is 5.32 Å². The molecule has 1 aliphatic heterocycles. The third-order valence-corrected chi connectivity index (χ3v) is 2.84. The molecule has 0 fully saturated rings. The Morgan fingerprint density at radius 2 is 1.61 bits per heavy atom. The van der Waals surface area contributed by atoms with Crippen LogP contribution in [0.1, 0.15) is 22.3 Å². The molecule has 1 heterocycles. The molecule has 1 aliphatic rings. The minimum Gasteiger partial charge on any atom is -0.312 e. The van der Waals surface area contributed by atoms with Crippen molar-refractivity contribution in [1.29, 1.82) is 0 Å². The number of nitrogens with one attached hydrogen (secondary N) is 1. The summed E-state index contributed by atoms with van der Waals surface area (Å²) in [5, 5.41) is 2.76. The predicted molar refractivity (Wildman–Crippen MR) is 51.9 cm³/mol. The van der Waals surface area contributed by atoms with Crippen molar-refractivity contribution in [3.8, 4) is 0 Å². The zero-order chi connectivity index (χ0) is 13.6. The number of fused-ring (bicyclic) bond motifs is 1. The summed E-state index contributed by atoms with van der Waals surface area (Å²) in [5.41, 5.74) is -2.39. The van der Waals surface area contributed by atoms with Gasteiger partial charge in [0, 0.05) is 6.54 Å². The first-order valence-corrected chi connectivity index (χ1v) is 5.20. The maximum atomic E-state index is 12.8. The van der Waals surface area contributed by atoms with E-state index >= 15 is 0 Å². The fraction of sp³-hybridized carbons (Fsp3) is 0.455. The molecule has 0 bridgehead atoms. The van der Waals surface area contributed by atoms with Crippen molar-refractivity contribution < 1.29 is 26.3 Å². The predicted octanol–water partition coefficient (Wildman–Crippen LogP) is 3.37. The van der Waals surface area contributed by atoms with Crippen molar-refractivity contribution >= 4 is 0 Å². The van der Waals surface area contributed by atoms with Crippen LogP contribution >= 0.6 is 0 Å². The molecule has 0 saturated heterocycles. The highest BCUT2D eigenvalue weighted by Crippen LogP contribution is 2.39. The number of hydrogen-bond acceptors (Lipinski definition) is 1. The van der Waals surface area contributed by atoms with Gasteiger partial charge in [0.05, 0.1) is 11.1 Å². The van der Waals surface area contributed by atoms with Gasteiger partial charge in [0.25, 0.3) is 0 Å². The normalized spacial score (nSPS) is 16.6. The van der Waals surface area contributed by atoms with Gasteiger partial charge in [0.1, 0.15) is 0 Å². The minimum absolute atomic E-state index is 0.0301. The molecule has 2 rings (SSSR count). The molecule has 1 N–H and O–H groups in total. The van der Waals surface area contributed by atoms with E-state index in [1.165, 1.54) is 0 Å². The van der Waals surface area contributed by atoms with Crippen LogP contribution in [-0.2, 0) is 25.3 Å². The van der Waals surface area contributed by atoms with Gasteiger partial charge in [-0.1, -0.05) is 0 Å². The highest BCUT2D eigenvalue weighted by atomic mass is 19.4. The quantitative estimate of drug-likeness (QED) is 0.712. The minimum atomic E-state index is -4.77. The van der Waals surface area contributed by atoms with E-state index in [-0.39, 0.29) is 30.2 Å². The molecule has 0 atom stereocenters. The molecule has 0 aromatic heterocycles. The fourth-order valence-electron chi connectivity index (χ4n) is 2.04. The Labute approximate surface area is 98.8 Å². The van der Waals surface area contributed by atoms with Crippen LogP contribution in [0.4, 0.5) is 26.3 Å². The summed E-state index contributed by atoms with van der Waals surface area (Å²) in [5.74, 6) is 0. The van der Waals surface area contributed by atoms with Crippen LogP contribution in [0.5, 0.6) is 0 Å². The third kappa shape index (κ3) is 2.45. The molecule has 0 aliphatic carbocycles. The molecule has 0 saturated carbocycles. The van der Waals surface area contributed by atoms with Gasteiger partial charge in [-0.15, -0.1) is 0 Å². The lowest BCUT2D eigenvalue weighted by Gasteiger charge is -2.23. The standard InChI is InChI=1S/C11H9F6N/c12-10(13,14)7-3-6-5-18-2-1-8(6)9(4-7)11(15,16)17/h3-4,18H,1-2,5H2. The Kier molecular flexibility index (Phi) is 3.04. The molecule has 1 aromatic carbocycles. The van der Waals surface area contributed by atoms with Crippen molar-refractivity contribution in [2.45, 2.75) is 25.3 Å².